The number of amides is 1. The van der Waals surface area contributed by atoms with Crippen LogP contribution >= 0.6 is 0 Å². The fourth-order valence-corrected chi connectivity index (χ4v) is 3.40. The number of hydrogen-bond donors (Lipinski definition) is 1. The predicted molar refractivity (Wildman–Crippen MR) is 71.1 cm³/mol. The van der Waals surface area contributed by atoms with Crippen LogP contribution < -0.4 is 5.73 Å². The highest BCUT2D eigenvalue weighted by Gasteiger charge is 2.34. The van der Waals surface area contributed by atoms with Crippen molar-refractivity contribution in [2.24, 2.45) is 17.6 Å². The van der Waals surface area contributed by atoms with E-state index in [0.717, 1.165) is 24.9 Å². The SMILES string of the molecule is COCCC(N)C(=O)N1CCC2CCCCC2C1. The third-order valence-electron chi connectivity index (χ3n) is 4.55. The lowest BCUT2D eigenvalue weighted by Crippen LogP contribution is -2.50. The van der Waals surface area contributed by atoms with E-state index >= 15 is 0 Å². The van der Waals surface area contributed by atoms with Crippen molar-refractivity contribution >= 4 is 5.91 Å². The molecular formula is C14H26N2O2. The summed E-state index contributed by atoms with van der Waals surface area (Å²) in [6.07, 6.45) is 7.17. The van der Waals surface area contributed by atoms with Gasteiger partial charge in [-0.3, -0.25) is 4.79 Å². The highest BCUT2D eigenvalue weighted by molar-refractivity contribution is 5.81. The van der Waals surface area contributed by atoms with Gasteiger partial charge < -0.3 is 15.4 Å². The zero-order valence-corrected chi connectivity index (χ0v) is 11.4. The van der Waals surface area contributed by atoms with Crippen molar-refractivity contribution in [1.82, 2.24) is 4.90 Å². The summed E-state index contributed by atoms with van der Waals surface area (Å²) in [4.78, 5) is 14.2. The van der Waals surface area contributed by atoms with E-state index in [-0.39, 0.29) is 11.9 Å². The van der Waals surface area contributed by atoms with Gasteiger partial charge in [-0.2, -0.15) is 0 Å². The summed E-state index contributed by atoms with van der Waals surface area (Å²) >= 11 is 0. The molecule has 4 nitrogen and oxygen atoms in total. The number of piperidine rings is 1. The van der Waals surface area contributed by atoms with E-state index < -0.39 is 0 Å². The molecule has 4 heteroatoms. The normalized spacial score (nSPS) is 29.8. The quantitative estimate of drug-likeness (QED) is 0.825. The predicted octanol–water partition coefficient (Wildman–Crippen LogP) is 1.39. The van der Waals surface area contributed by atoms with Crippen LogP contribution in [0, 0.1) is 11.8 Å². The van der Waals surface area contributed by atoms with Gasteiger partial charge in [-0.15, -0.1) is 0 Å². The first-order chi connectivity index (χ1) is 8.72. The van der Waals surface area contributed by atoms with Crippen molar-refractivity contribution in [3.63, 3.8) is 0 Å². The average Bonchev–Trinajstić information content (AvgIpc) is 2.43. The molecule has 0 aromatic carbocycles. The molecule has 0 spiro atoms. The van der Waals surface area contributed by atoms with Crippen molar-refractivity contribution in [3.8, 4) is 0 Å². The molecule has 2 rings (SSSR count). The number of likely N-dealkylation sites (tertiary alicyclic amines) is 1. The molecule has 1 saturated heterocycles. The van der Waals surface area contributed by atoms with Crippen LogP contribution in [0.3, 0.4) is 0 Å². The van der Waals surface area contributed by atoms with E-state index in [0.29, 0.717) is 13.0 Å². The maximum Gasteiger partial charge on any atom is 0.239 e. The summed E-state index contributed by atoms with van der Waals surface area (Å²) in [6, 6.07) is -0.384. The van der Waals surface area contributed by atoms with Crippen molar-refractivity contribution in [3.05, 3.63) is 0 Å². The van der Waals surface area contributed by atoms with Gasteiger partial charge in [0.25, 0.3) is 0 Å². The number of nitrogens with two attached hydrogens (primary N) is 1. The highest BCUT2D eigenvalue weighted by Crippen LogP contribution is 2.36. The van der Waals surface area contributed by atoms with Gasteiger partial charge in [0, 0.05) is 26.8 Å². The summed E-state index contributed by atoms with van der Waals surface area (Å²) in [5, 5.41) is 0. The molecule has 0 radical (unpaired) electrons. The standard InChI is InChI=1S/C14H26N2O2/c1-18-9-7-13(15)14(17)16-8-6-11-4-2-3-5-12(11)10-16/h11-13H,2-10,15H2,1H3. The Labute approximate surface area is 110 Å². The van der Waals surface area contributed by atoms with E-state index in [1.54, 1.807) is 7.11 Å². The summed E-state index contributed by atoms with van der Waals surface area (Å²) in [5.74, 6) is 1.71. The second kappa shape index (κ2) is 6.53. The first-order valence-electron chi connectivity index (χ1n) is 7.25. The Kier molecular flexibility index (Phi) is 5.01. The number of hydrogen-bond acceptors (Lipinski definition) is 3. The highest BCUT2D eigenvalue weighted by atomic mass is 16.5. The molecule has 1 aliphatic carbocycles. The summed E-state index contributed by atoms with van der Waals surface area (Å²) < 4.78 is 4.99. The Morgan fingerprint density at radius 1 is 1.33 bits per heavy atom. The molecule has 2 aliphatic rings. The zero-order chi connectivity index (χ0) is 13.0. The summed E-state index contributed by atoms with van der Waals surface area (Å²) in [7, 11) is 1.64. The molecular weight excluding hydrogens is 228 g/mol. The Morgan fingerprint density at radius 2 is 2.06 bits per heavy atom. The lowest BCUT2D eigenvalue weighted by molar-refractivity contribution is -0.136. The van der Waals surface area contributed by atoms with Crippen molar-refractivity contribution in [2.75, 3.05) is 26.8 Å². The fourth-order valence-electron chi connectivity index (χ4n) is 3.40. The number of methoxy groups -OCH3 is 1. The average molecular weight is 254 g/mol. The van der Waals surface area contributed by atoms with Gasteiger partial charge in [-0.1, -0.05) is 19.3 Å². The van der Waals surface area contributed by atoms with Gasteiger partial charge in [0.1, 0.15) is 0 Å². The van der Waals surface area contributed by atoms with Gasteiger partial charge in [-0.05, 0) is 31.1 Å². The topological polar surface area (TPSA) is 55.6 Å². The maximum atomic E-state index is 12.2. The van der Waals surface area contributed by atoms with Crippen LogP contribution in [0.15, 0.2) is 0 Å². The molecule has 1 aliphatic heterocycles. The van der Waals surface area contributed by atoms with E-state index in [1.165, 1.54) is 32.1 Å². The molecule has 104 valence electrons. The molecule has 1 saturated carbocycles. The van der Waals surface area contributed by atoms with E-state index in [1.807, 2.05) is 4.90 Å². The third-order valence-corrected chi connectivity index (χ3v) is 4.55. The number of nitrogens with zero attached hydrogens (tertiary/aromatic N) is 1. The van der Waals surface area contributed by atoms with Crippen LogP contribution in [0.4, 0.5) is 0 Å². The number of ether oxygens (including phenoxy) is 1. The van der Waals surface area contributed by atoms with Crippen LogP contribution in [-0.2, 0) is 9.53 Å². The number of fused-ring (bicyclic) bond motifs is 1. The van der Waals surface area contributed by atoms with Gasteiger partial charge in [-0.25, -0.2) is 0 Å². The Balaban J connectivity index is 1.84. The Morgan fingerprint density at radius 3 is 2.78 bits per heavy atom. The smallest absolute Gasteiger partial charge is 0.239 e. The number of rotatable bonds is 4. The zero-order valence-electron chi connectivity index (χ0n) is 11.4. The molecule has 3 unspecified atom stereocenters. The monoisotopic (exact) mass is 254 g/mol. The minimum absolute atomic E-state index is 0.121. The third kappa shape index (κ3) is 3.23. The fraction of sp³-hybridized carbons (Fsp3) is 0.929. The molecule has 0 aromatic rings. The second-order valence-corrected chi connectivity index (χ2v) is 5.77. The molecule has 2 fully saturated rings. The minimum Gasteiger partial charge on any atom is -0.385 e. The van der Waals surface area contributed by atoms with Gasteiger partial charge in [0.2, 0.25) is 5.91 Å². The minimum atomic E-state index is -0.384. The van der Waals surface area contributed by atoms with Crippen molar-refractivity contribution in [1.29, 1.82) is 0 Å². The molecule has 18 heavy (non-hydrogen) atoms. The van der Waals surface area contributed by atoms with Crippen LogP contribution in [0.25, 0.3) is 0 Å². The Bertz CT molecular complexity index is 283. The molecule has 1 amide bonds. The summed E-state index contributed by atoms with van der Waals surface area (Å²) in [6.45, 7) is 2.40. The van der Waals surface area contributed by atoms with Crippen molar-refractivity contribution in [2.45, 2.75) is 44.6 Å². The van der Waals surface area contributed by atoms with Crippen LogP contribution in [0.1, 0.15) is 38.5 Å². The molecule has 0 aromatic heterocycles. The van der Waals surface area contributed by atoms with Gasteiger partial charge in [0.15, 0.2) is 0 Å². The van der Waals surface area contributed by atoms with Gasteiger partial charge >= 0.3 is 0 Å². The first kappa shape index (κ1) is 13.8. The van der Waals surface area contributed by atoms with E-state index in [9.17, 15) is 4.79 Å². The number of carbonyl (C=O) groups excluding carboxylic acids is 1. The van der Waals surface area contributed by atoms with E-state index in [4.69, 9.17) is 10.5 Å². The Hall–Kier alpha value is -0.610. The van der Waals surface area contributed by atoms with Crippen molar-refractivity contribution < 1.29 is 9.53 Å². The molecule has 3 atom stereocenters. The second-order valence-electron chi connectivity index (χ2n) is 5.77. The first-order valence-corrected chi connectivity index (χ1v) is 7.25. The lowest BCUT2D eigenvalue weighted by atomic mass is 9.75. The van der Waals surface area contributed by atoms with Crippen LogP contribution in [0.2, 0.25) is 0 Å². The van der Waals surface area contributed by atoms with Crippen LogP contribution in [-0.4, -0.2) is 43.7 Å². The molecule has 1 heterocycles. The largest absolute Gasteiger partial charge is 0.385 e. The lowest BCUT2D eigenvalue weighted by Gasteiger charge is -2.42. The van der Waals surface area contributed by atoms with Crippen LogP contribution in [0.5, 0.6) is 0 Å². The van der Waals surface area contributed by atoms with E-state index in [2.05, 4.69) is 0 Å². The molecule has 2 N–H and O–H groups in total. The summed E-state index contributed by atoms with van der Waals surface area (Å²) in [5.41, 5.74) is 5.93. The number of carbonyl (C=O) groups is 1. The molecule has 0 bridgehead atoms. The van der Waals surface area contributed by atoms with Gasteiger partial charge in [0.05, 0.1) is 6.04 Å². The maximum absolute atomic E-state index is 12.2.